The van der Waals surface area contributed by atoms with Gasteiger partial charge in [0.2, 0.25) is 0 Å². The van der Waals surface area contributed by atoms with Crippen LogP contribution in [-0.4, -0.2) is 14.8 Å². The SMILES string of the molecule is CCn1ncnc1CC(N)c1cccc(F)c1. The van der Waals surface area contributed by atoms with E-state index in [2.05, 4.69) is 10.1 Å². The average molecular weight is 234 g/mol. The summed E-state index contributed by atoms with van der Waals surface area (Å²) in [5, 5.41) is 4.07. The molecule has 2 N–H and O–H groups in total. The van der Waals surface area contributed by atoms with Gasteiger partial charge in [-0.05, 0) is 24.6 Å². The fourth-order valence-corrected chi connectivity index (χ4v) is 1.76. The first kappa shape index (κ1) is 11.7. The van der Waals surface area contributed by atoms with E-state index in [1.807, 2.05) is 13.0 Å². The van der Waals surface area contributed by atoms with Crippen molar-refractivity contribution in [3.8, 4) is 0 Å². The molecule has 1 heterocycles. The molecule has 0 aliphatic rings. The third-order valence-corrected chi connectivity index (χ3v) is 2.67. The summed E-state index contributed by atoms with van der Waals surface area (Å²) in [7, 11) is 0. The van der Waals surface area contributed by atoms with Gasteiger partial charge in [-0.1, -0.05) is 12.1 Å². The minimum atomic E-state index is -0.269. The predicted molar refractivity (Wildman–Crippen MR) is 62.7 cm³/mol. The Balaban J connectivity index is 2.14. The second kappa shape index (κ2) is 5.05. The van der Waals surface area contributed by atoms with E-state index in [1.54, 1.807) is 10.7 Å². The van der Waals surface area contributed by atoms with E-state index in [-0.39, 0.29) is 11.9 Å². The molecule has 1 atom stereocenters. The van der Waals surface area contributed by atoms with Gasteiger partial charge in [-0.2, -0.15) is 5.10 Å². The normalized spacial score (nSPS) is 12.6. The standard InChI is InChI=1S/C12H15FN4/c1-2-17-12(15-8-16-17)7-11(14)9-4-3-5-10(13)6-9/h3-6,8,11H,2,7,14H2,1H3. The lowest BCUT2D eigenvalue weighted by atomic mass is 10.0. The van der Waals surface area contributed by atoms with Gasteiger partial charge in [0.1, 0.15) is 18.0 Å². The highest BCUT2D eigenvalue weighted by atomic mass is 19.1. The third kappa shape index (κ3) is 2.68. The first-order valence-electron chi connectivity index (χ1n) is 5.58. The Kier molecular flexibility index (Phi) is 3.49. The van der Waals surface area contributed by atoms with E-state index >= 15 is 0 Å². The maximum atomic E-state index is 13.1. The molecule has 0 saturated heterocycles. The molecule has 0 radical (unpaired) electrons. The molecule has 4 nitrogen and oxygen atoms in total. The Morgan fingerprint density at radius 1 is 1.47 bits per heavy atom. The predicted octanol–water partition coefficient (Wildman–Crippen LogP) is 1.68. The number of hydrogen-bond donors (Lipinski definition) is 1. The largest absolute Gasteiger partial charge is 0.324 e. The van der Waals surface area contributed by atoms with Crippen LogP contribution in [0.2, 0.25) is 0 Å². The number of benzene rings is 1. The van der Waals surface area contributed by atoms with Crippen molar-refractivity contribution in [1.82, 2.24) is 14.8 Å². The Morgan fingerprint density at radius 2 is 2.29 bits per heavy atom. The van der Waals surface area contributed by atoms with Gasteiger partial charge in [0.15, 0.2) is 0 Å². The zero-order chi connectivity index (χ0) is 12.3. The Labute approximate surface area is 99.3 Å². The van der Waals surface area contributed by atoms with E-state index in [4.69, 9.17) is 5.73 Å². The molecule has 0 aliphatic carbocycles. The lowest BCUT2D eigenvalue weighted by Crippen LogP contribution is -2.17. The van der Waals surface area contributed by atoms with Crippen molar-refractivity contribution >= 4 is 0 Å². The van der Waals surface area contributed by atoms with Crippen LogP contribution >= 0.6 is 0 Å². The van der Waals surface area contributed by atoms with Crippen LogP contribution in [0.3, 0.4) is 0 Å². The molecule has 0 bridgehead atoms. The molecule has 2 aromatic rings. The molecule has 2 rings (SSSR count). The average Bonchev–Trinajstić information content (AvgIpc) is 2.76. The molecule has 1 aromatic heterocycles. The van der Waals surface area contributed by atoms with Crippen molar-refractivity contribution in [3.05, 3.63) is 47.8 Å². The third-order valence-electron chi connectivity index (χ3n) is 2.67. The van der Waals surface area contributed by atoms with Crippen molar-refractivity contribution in [2.24, 2.45) is 5.73 Å². The van der Waals surface area contributed by atoms with Crippen LogP contribution in [0.25, 0.3) is 0 Å². The number of rotatable bonds is 4. The fourth-order valence-electron chi connectivity index (χ4n) is 1.76. The van der Waals surface area contributed by atoms with Crippen LogP contribution in [0, 0.1) is 5.82 Å². The van der Waals surface area contributed by atoms with Crippen LogP contribution in [0.4, 0.5) is 4.39 Å². The molecule has 5 heteroatoms. The Bertz CT molecular complexity index is 495. The minimum Gasteiger partial charge on any atom is -0.324 e. The number of aryl methyl sites for hydroxylation is 1. The second-order valence-corrected chi connectivity index (χ2v) is 3.86. The van der Waals surface area contributed by atoms with Gasteiger partial charge in [-0.3, -0.25) is 4.68 Å². The number of nitrogens with two attached hydrogens (primary N) is 1. The zero-order valence-electron chi connectivity index (χ0n) is 9.68. The van der Waals surface area contributed by atoms with Crippen molar-refractivity contribution in [2.45, 2.75) is 25.9 Å². The lowest BCUT2D eigenvalue weighted by Gasteiger charge is -2.11. The lowest BCUT2D eigenvalue weighted by molar-refractivity contribution is 0.576. The molecular weight excluding hydrogens is 219 g/mol. The second-order valence-electron chi connectivity index (χ2n) is 3.86. The molecule has 1 aromatic carbocycles. The first-order chi connectivity index (χ1) is 8.20. The van der Waals surface area contributed by atoms with Crippen LogP contribution in [-0.2, 0) is 13.0 Å². The van der Waals surface area contributed by atoms with Gasteiger partial charge < -0.3 is 5.73 Å². The monoisotopic (exact) mass is 234 g/mol. The summed E-state index contributed by atoms with van der Waals surface area (Å²) in [6, 6.07) is 6.08. The first-order valence-corrected chi connectivity index (χ1v) is 5.58. The van der Waals surface area contributed by atoms with Gasteiger partial charge in [-0.25, -0.2) is 9.37 Å². The number of halogens is 1. The molecule has 90 valence electrons. The smallest absolute Gasteiger partial charge is 0.138 e. The van der Waals surface area contributed by atoms with Gasteiger partial charge in [-0.15, -0.1) is 0 Å². The fraction of sp³-hybridized carbons (Fsp3) is 0.333. The molecule has 0 saturated carbocycles. The minimum absolute atomic E-state index is 0.264. The summed E-state index contributed by atoms with van der Waals surface area (Å²) in [4.78, 5) is 4.15. The Morgan fingerprint density at radius 3 is 3.00 bits per heavy atom. The Hall–Kier alpha value is -1.75. The molecule has 0 aliphatic heterocycles. The molecule has 0 spiro atoms. The number of nitrogens with zero attached hydrogens (tertiary/aromatic N) is 3. The van der Waals surface area contributed by atoms with Gasteiger partial charge in [0.25, 0.3) is 0 Å². The van der Waals surface area contributed by atoms with Gasteiger partial charge in [0, 0.05) is 19.0 Å². The highest BCUT2D eigenvalue weighted by Crippen LogP contribution is 2.15. The summed E-state index contributed by atoms with van der Waals surface area (Å²) in [5.74, 6) is 0.555. The van der Waals surface area contributed by atoms with Crippen molar-refractivity contribution in [3.63, 3.8) is 0 Å². The summed E-state index contributed by atoms with van der Waals surface area (Å²) in [6.07, 6.45) is 2.06. The van der Waals surface area contributed by atoms with E-state index in [0.717, 1.165) is 17.9 Å². The maximum absolute atomic E-state index is 13.1. The van der Waals surface area contributed by atoms with E-state index in [9.17, 15) is 4.39 Å². The van der Waals surface area contributed by atoms with Crippen LogP contribution in [0.1, 0.15) is 24.4 Å². The maximum Gasteiger partial charge on any atom is 0.138 e. The topological polar surface area (TPSA) is 56.7 Å². The van der Waals surface area contributed by atoms with Crippen molar-refractivity contribution in [2.75, 3.05) is 0 Å². The van der Waals surface area contributed by atoms with Crippen molar-refractivity contribution < 1.29 is 4.39 Å². The summed E-state index contributed by atoms with van der Waals surface area (Å²) < 4.78 is 14.9. The van der Waals surface area contributed by atoms with Crippen molar-refractivity contribution in [1.29, 1.82) is 0 Å². The zero-order valence-corrected chi connectivity index (χ0v) is 9.68. The molecule has 1 unspecified atom stereocenters. The summed E-state index contributed by atoms with van der Waals surface area (Å²) in [5.41, 5.74) is 6.80. The molecule has 0 fully saturated rings. The van der Waals surface area contributed by atoms with E-state index < -0.39 is 0 Å². The van der Waals surface area contributed by atoms with E-state index in [1.165, 1.54) is 18.5 Å². The highest BCUT2D eigenvalue weighted by Gasteiger charge is 2.11. The summed E-state index contributed by atoms with van der Waals surface area (Å²) >= 11 is 0. The van der Waals surface area contributed by atoms with E-state index in [0.29, 0.717) is 6.42 Å². The molecular formula is C12H15FN4. The molecule has 17 heavy (non-hydrogen) atoms. The molecule has 0 amide bonds. The number of aromatic nitrogens is 3. The van der Waals surface area contributed by atoms with Gasteiger partial charge in [0.05, 0.1) is 0 Å². The van der Waals surface area contributed by atoms with Crippen LogP contribution in [0.5, 0.6) is 0 Å². The quantitative estimate of drug-likeness (QED) is 0.875. The van der Waals surface area contributed by atoms with Gasteiger partial charge >= 0.3 is 0 Å². The van der Waals surface area contributed by atoms with Crippen LogP contribution < -0.4 is 5.73 Å². The van der Waals surface area contributed by atoms with Crippen LogP contribution in [0.15, 0.2) is 30.6 Å². The summed E-state index contributed by atoms with van der Waals surface area (Å²) in [6.45, 7) is 2.75. The highest BCUT2D eigenvalue weighted by molar-refractivity contribution is 5.20. The number of hydrogen-bond acceptors (Lipinski definition) is 3.